The SMILES string of the molecule is O=C(NNC(=O)c1ccc(NC(=O)C2CC2)cc1)c1ccc(Br)cc1. The first-order valence-electron chi connectivity index (χ1n) is 7.80. The van der Waals surface area contributed by atoms with Gasteiger partial charge in [0.25, 0.3) is 11.8 Å². The third-order valence-corrected chi connectivity index (χ3v) is 4.29. The van der Waals surface area contributed by atoms with Crippen LogP contribution in [-0.2, 0) is 4.79 Å². The maximum Gasteiger partial charge on any atom is 0.269 e. The Morgan fingerprint density at radius 2 is 1.28 bits per heavy atom. The lowest BCUT2D eigenvalue weighted by atomic mass is 10.2. The van der Waals surface area contributed by atoms with Crippen LogP contribution in [0.15, 0.2) is 53.0 Å². The van der Waals surface area contributed by atoms with Gasteiger partial charge in [0, 0.05) is 27.2 Å². The molecule has 3 amide bonds. The number of hydrogen-bond donors (Lipinski definition) is 3. The first kappa shape index (κ1) is 17.2. The lowest BCUT2D eigenvalue weighted by molar-refractivity contribution is -0.117. The molecule has 0 atom stereocenters. The standard InChI is InChI=1S/C18H16BrN3O3/c19-14-7-3-12(4-8-14)17(24)21-22-18(25)13-5-9-15(10-6-13)20-16(23)11-1-2-11/h3-11H,1-2H2,(H,20,23)(H,21,24)(H,22,25). The zero-order chi connectivity index (χ0) is 17.8. The Bertz CT molecular complexity index is 799. The fourth-order valence-corrected chi connectivity index (χ4v) is 2.42. The van der Waals surface area contributed by atoms with Crippen molar-refractivity contribution in [1.82, 2.24) is 10.9 Å². The number of benzene rings is 2. The Kier molecular flexibility index (Phi) is 5.14. The second kappa shape index (κ2) is 7.48. The molecule has 0 saturated heterocycles. The van der Waals surface area contributed by atoms with E-state index in [9.17, 15) is 14.4 Å². The Morgan fingerprint density at radius 1 is 0.800 bits per heavy atom. The molecule has 0 spiro atoms. The lowest BCUT2D eigenvalue weighted by Gasteiger charge is -2.09. The summed E-state index contributed by atoms with van der Waals surface area (Å²) < 4.78 is 0.863. The molecule has 0 aliphatic heterocycles. The molecule has 1 saturated carbocycles. The Balaban J connectivity index is 1.53. The van der Waals surface area contributed by atoms with Crippen molar-refractivity contribution in [2.24, 2.45) is 5.92 Å². The van der Waals surface area contributed by atoms with Crippen molar-refractivity contribution in [3.63, 3.8) is 0 Å². The molecule has 0 bridgehead atoms. The van der Waals surface area contributed by atoms with Gasteiger partial charge in [-0.2, -0.15) is 0 Å². The summed E-state index contributed by atoms with van der Waals surface area (Å²) in [4.78, 5) is 35.7. The van der Waals surface area contributed by atoms with Crippen LogP contribution in [0.25, 0.3) is 0 Å². The van der Waals surface area contributed by atoms with E-state index < -0.39 is 11.8 Å². The van der Waals surface area contributed by atoms with Gasteiger partial charge in [0.1, 0.15) is 0 Å². The van der Waals surface area contributed by atoms with Crippen molar-refractivity contribution in [2.45, 2.75) is 12.8 Å². The van der Waals surface area contributed by atoms with Crippen molar-refractivity contribution in [3.05, 3.63) is 64.1 Å². The van der Waals surface area contributed by atoms with Gasteiger partial charge in [0.2, 0.25) is 5.91 Å². The van der Waals surface area contributed by atoms with Gasteiger partial charge in [0.15, 0.2) is 0 Å². The Labute approximate surface area is 153 Å². The maximum absolute atomic E-state index is 12.1. The van der Waals surface area contributed by atoms with Gasteiger partial charge in [-0.15, -0.1) is 0 Å². The molecule has 128 valence electrons. The lowest BCUT2D eigenvalue weighted by Crippen LogP contribution is -2.41. The summed E-state index contributed by atoms with van der Waals surface area (Å²) in [5.74, 6) is -0.713. The Morgan fingerprint density at radius 3 is 1.76 bits per heavy atom. The maximum atomic E-state index is 12.1. The molecule has 1 fully saturated rings. The Hall–Kier alpha value is -2.67. The van der Waals surface area contributed by atoms with E-state index in [2.05, 4.69) is 32.1 Å². The van der Waals surface area contributed by atoms with Crippen LogP contribution < -0.4 is 16.2 Å². The first-order chi connectivity index (χ1) is 12.0. The summed E-state index contributed by atoms with van der Waals surface area (Å²) in [6.07, 6.45) is 1.87. The number of anilines is 1. The average Bonchev–Trinajstić information content (AvgIpc) is 3.46. The summed E-state index contributed by atoms with van der Waals surface area (Å²) in [6.45, 7) is 0. The third kappa shape index (κ3) is 4.67. The summed E-state index contributed by atoms with van der Waals surface area (Å²) in [5, 5.41) is 2.80. The molecule has 0 heterocycles. The van der Waals surface area contributed by atoms with E-state index in [-0.39, 0.29) is 11.8 Å². The molecule has 0 aromatic heterocycles. The van der Waals surface area contributed by atoms with E-state index in [1.807, 2.05) is 0 Å². The van der Waals surface area contributed by atoms with Crippen molar-refractivity contribution in [3.8, 4) is 0 Å². The molecular formula is C18H16BrN3O3. The van der Waals surface area contributed by atoms with Crippen LogP contribution in [0.4, 0.5) is 5.69 Å². The van der Waals surface area contributed by atoms with Gasteiger partial charge in [-0.05, 0) is 61.4 Å². The summed E-state index contributed by atoms with van der Waals surface area (Å²) in [7, 11) is 0. The number of nitrogens with one attached hydrogen (secondary N) is 3. The van der Waals surface area contributed by atoms with Crippen LogP contribution >= 0.6 is 15.9 Å². The molecule has 0 radical (unpaired) electrons. The van der Waals surface area contributed by atoms with Gasteiger partial charge >= 0.3 is 0 Å². The highest BCUT2D eigenvalue weighted by Gasteiger charge is 2.29. The van der Waals surface area contributed by atoms with Crippen molar-refractivity contribution < 1.29 is 14.4 Å². The van der Waals surface area contributed by atoms with Crippen LogP contribution in [0.2, 0.25) is 0 Å². The topological polar surface area (TPSA) is 87.3 Å². The van der Waals surface area contributed by atoms with Gasteiger partial charge in [-0.1, -0.05) is 15.9 Å². The molecule has 2 aromatic carbocycles. The molecule has 0 unspecified atom stereocenters. The van der Waals surface area contributed by atoms with E-state index in [0.29, 0.717) is 16.8 Å². The van der Waals surface area contributed by atoms with Gasteiger partial charge < -0.3 is 5.32 Å². The van der Waals surface area contributed by atoms with Gasteiger partial charge in [-0.25, -0.2) is 0 Å². The number of hydrogen-bond acceptors (Lipinski definition) is 3. The van der Waals surface area contributed by atoms with Crippen LogP contribution in [0.1, 0.15) is 33.6 Å². The second-order valence-electron chi connectivity index (χ2n) is 5.76. The number of halogens is 1. The van der Waals surface area contributed by atoms with Crippen LogP contribution in [-0.4, -0.2) is 17.7 Å². The van der Waals surface area contributed by atoms with Crippen LogP contribution in [0, 0.1) is 5.92 Å². The van der Waals surface area contributed by atoms with Gasteiger partial charge in [0.05, 0.1) is 0 Å². The number of carbonyl (C=O) groups is 3. The molecule has 7 heteroatoms. The van der Waals surface area contributed by atoms with Gasteiger partial charge in [-0.3, -0.25) is 25.2 Å². The van der Waals surface area contributed by atoms with Crippen LogP contribution in [0.5, 0.6) is 0 Å². The van der Waals surface area contributed by atoms with E-state index >= 15 is 0 Å². The molecule has 6 nitrogen and oxygen atoms in total. The highest BCUT2D eigenvalue weighted by atomic mass is 79.9. The number of rotatable bonds is 4. The summed E-state index contributed by atoms with van der Waals surface area (Å²) >= 11 is 3.29. The van der Waals surface area contributed by atoms with E-state index in [1.54, 1.807) is 48.5 Å². The summed E-state index contributed by atoms with van der Waals surface area (Å²) in [5.41, 5.74) is 6.18. The fourth-order valence-electron chi connectivity index (χ4n) is 2.15. The van der Waals surface area contributed by atoms with E-state index in [0.717, 1.165) is 17.3 Å². The van der Waals surface area contributed by atoms with Crippen molar-refractivity contribution in [1.29, 1.82) is 0 Å². The molecule has 3 rings (SSSR count). The van der Waals surface area contributed by atoms with E-state index in [1.165, 1.54) is 0 Å². The molecule has 25 heavy (non-hydrogen) atoms. The highest BCUT2D eigenvalue weighted by molar-refractivity contribution is 9.10. The number of hydrazine groups is 1. The quantitative estimate of drug-likeness (QED) is 0.688. The highest BCUT2D eigenvalue weighted by Crippen LogP contribution is 2.30. The molecule has 1 aliphatic carbocycles. The molecule has 2 aromatic rings. The normalized spacial score (nSPS) is 13.0. The molecular weight excluding hydrogens is 386 g/mol. The monoisotopic (exact) mass is 401 g/mol. The van der Waals surface area contributed by atoms with Crippen molar-refractivity contribution in [2.75, 3.05) is 5.32 Å². The fraction of sp³-hybridized carbons (Fsp3) is 0.167. The zero-order valence-corrected chi connectivity index (χ0v) is 14.8. The largest absolute Gasteiger partial charge is 0.326 e. The predicted molar refractivity (Wildman–Crippen MR) is 96.9 cm³/mol. The minimum absolute atomic E-state index is 0.0129. The van der Waals surface area contributed by atoms with E-state index in [4.69, 9.17) is 0 Å². The predicted octanol–water partition coefficient (Wildman–Crippen LogP) is 2.87. The minimum Gasteiger partial charge on any atom is -0.326 e. The smallest absolute Gasteiger partial charge is 0.269 e. The second-order valence-corrected chi connectivity index (χ2v) is 6.67. The average molecular weight is 402 g/mol. The van der Waals surface area contributed by atoms with Crippen molar-refractivity contribution >= 4 is 39.3 Å². The third-order valence-electron chi connectivity index (χ3n) is 3.76. The number of carbonyl (C=O) groups excluding carboxylic acids is 3. The summed E-state index contributed by atoms with van der Waals surface area (Å²) in [6, 6.07) is 13.3. The first-order valence-corrected chi connectivity index (χ1v) is 8.59. The van der Waals surface area contributed by atoms with Crippen LogP contribution in [0.3, 0.4) is 0 Å². The number of amides is 3. The zero-order valence-electron chi connectivity index (χ0n) is 13.2. The molecule has 3 N–H and O–H groups in total. The molecule has 1 aliphatic rings. The minimum atomic E-state index is -0.439.